The fourth-order valence-electron chi connectivity index (χ4n) is 1.78. The summed E-state index contributed by atoms with van der Waals surface area (Å²) in [4.78, 5) is 3.07. The van der Waals surface area contributed by atoms with E-state index in [0.29, 0.717) is 0 Å². The van der Waals surface area contributed by atoms with E-state index in [1.54, 1.807) is 18.2 Å². The van der Waals surface area contributed by atoms with E-state index in [9.17, 15) is 0 Å². The number of nitriles is 3. The lowest BCUT2D eigenvalue weighted by Crippen LogP contribution is -2.03. The minimum absolute atomic E-state index is 0.0954. The van der Waals surface area contributed by atoms with Crippen LogP contribution in [0.15, 0.2) is 47.3 Å². The molecule has 2 aromatic rings. The normalized spacial score (nSPS) is 10.3. The molecule has 0 aliphatic heterocycles. The van der Waals surface area contributed by atoms with Crippen LogP contribution in [-0.2, 0) is 0 Å². The van der Waals surface area contributed by atoms with Gasteiger partial charge in [-0.3, -0.25) is 0 Å². The second kappa shape index (κ2) is 5.44. The highest BCUT2D eigenvalue weighted by atomic mass is 14.7. The van der Waals surface area contributed by atoms with Crippen molar-refractivity contribution in [2.24, 2.45) is 5.73 Å². The molecular formula is C15H9N5. The Morgan fingerprint density at radius 1 is 1.10 bits per heavy atom. The van der Waals surface area contributed by atoms with Gasteiger partial charge in [-0.15, -0.1) is 0 Å². The molecule has 0 atom stereocenters. The Balaban J connectivity index is 2.52. The first-order valence-electron chi connectivity index (χ1n) is 5.69. The Hall–Kier alpha value is -3.49. The standard InChI is InChI=1S/C15H9N5/c16-7-12(15(19)13(8-17)9-18)6-10-1-2-14-11(5-10)3-4-20-14/h1-6,20H,19H2. The number of hydrogen-bond acceptors (Lipinski definition) is 4. The number of allylic oxidation sites excluding steroid dienone is 2. The molecule has 0 amide bonds. The SMILES string of the molecule is N#CC(=Cc1ccc2[nH]ccc2c1)C(N)=C(C#N)C#N. The van der Waals surface area contributed by atoms with Gasteiger partial charge in [0.25, 0.3) is 0 Å². The highest BCUT2D eigenvalue weighted by molar-refractivity contribution is 5.82. The summed E-state index contributed by atoms with van der Waals surface area (Å²) in [6.07, 6.45) is 3.37. The smallest absolute Gasteiger partial charge is 0.153 e. The largest absolute Gasteiger partial charge is 0.396 e. The molecule has 1 aromatic heterocycles. The van der Waals surface area contributed by atoms with Crippen LogP contribution in [0.5, 0.6) is 0 Å². The summed E-state index contributed by atoms with van der Waals surface area (Å²) in [5.41, 5.74) is 7.15. The van der Waals surface area contributed by atoms with Crippen molar-refractivity contribution in [2.75, 3.05) is 0 Å². The molecule has 1 heterocycles. The lowest BCUT2D eigenvalue weighted by atomic mass is 10.1. The quantitative estimate of drug-likeness (QED) is 0.636. The zero-order chi connectivity index (χ0) is 14.5. The molecule has 0 aliphatic carbocycles. The number of hydrogen-bond donors (Lipinski definition) is 2. The van der Waals surface area contributed by atoms with Crippen LogP contribution in [0.2, 0.25) is 0 Å². The van der Waals surface area contributed by atoms with Crippen LogP contribution in [0.4, 0.5) is 0 Å². The predicted molar refractivity (Wildman–Crippen MR) is 74.3 cm³/mol. The maximum absolute atomic E-state index is 9.11. The van der Waals surface area contributed by atoms with Gasteiger partial charge in [0.1, 0.15) is 18.2 Å². The molecule has 3 N–H and O–H groups in total. The molecule has 20 heavy (non-hydrogen) atoms. The highest BCUT2D eigenvalue weighted by Crippen LogP contribution is 2.18. The number of nitrogens with one attached hydrogen (secondary N) is 1. The van der Waals surface area contributed by atoms with E-state index in [1.165, 1.54) is 0 Å². The van der Waals surface area contributed by atoms with Gasteiger partial charge in [0, 0.05) is 11.7 Å². The summed E-state index contributed by atoms with van der Waals surface area (Å²) in [5, 5.41) is 27.7. The van der Waals surface area contributed by atoms with Gasteiger partial charge in [-0.1, -0.05) is 6.07 Å². The van der Waals surface area contributed by atoms with Crippen molar-refractivity contribution in [3.05, 3.63) is 52.9 Å². The van der Waals surface area contributed by atoms with Crippen LogP contribution >= 0.6 is 0 Å². The number of aromatic amines is 1. The molecule has 1 aromatic carbocycles. The summed E-state index contributed by atoms with van der Waals surface area (Å²) < 4.78 is 0. The maximum Gasteiger partial charge on any atom is 0.153 e. The second-order valence-corrected chi connectivity index (χ2v) is 4.01. The molecular weight excluding hydrogens is 250 g/mol. The number of nitrogens with two attached hydrogens (primary N) is 1. The Morgan fingerprint density at radius 2 is 1.85 bits per heavy atom. The van der Waals surface area contributed by atoms with Gasteiger partial charge in [0.2, 0.25) is 0 Å². The molecule has 0 aliphatic rings. The van der Waals surface area contributed by atoms with Crippen LogP contribution in [0.25, 0.3) is 17.0 Å². The average Bonchev–Trinajstić information content (AvgIpc) is 2.93. The van der Waals surface area contributed by atoms with Crippen LogP contribution in [0.3, 0.4) is 0 Å². The topological polar surface area (TPSA) is 113 Å². The molecule has 94 valence electrons. The molecule has 0 fully saturated rings. The Kier molecular flexibility index (Phi) is 3.52. The third-order valence-electron chi connectivity index (χ3n) is 2.79. The summed E-state index contributed by atoms with van der Waals surface area (Å²) >= 11 is 0. The molecule has 5 nitrogen and oxygen atoms in total. The van der Waals surface area contributed by atoms with E-state index >= 15 is 0 Å². The van der Waals surface area contributed by atoms with E-state index in [-0.39, 0.29) is 16.8 Å². The predicted octanol–water partition coefficient (Wildman–Crippen LogP) is 2.33. The first-order chi connectivity index (χ1) is 9.69. The fraction of sp³-hybridized carbons (Fsp3) is 0. The van der Waals surface area contributed by atoms with Crippen LogP contribution in [0, 0.1) is 34.0 Å². The van der Waals surface area contributed by atoms with Gasteiger partial charge in [-0.2, -0.15) is 15.8 Å². The van der Waals surface area contributed by atoms with Gasteiger partial charge >= 0.3 is 0 Å². The Bertz CT molecular complexity index is 831. The first-order valence-corrected chi connectivity index (χ1v) is 5.69. The van der Waals surface area contributed by atoms with Crippen molar-refractivity contribution in [3.8, 4) is 18.2 Å². The Morgan fingerprint density at radius 3 is 2.50 bits per heavy atom. The van der Waals surface area contributed by atoms with E-state index in [2.05, 4.69) is 4.98 Å². The van der Waals surface area contributed by atoms with Gasteiger partial charge < -0.3 is 10.7 Å². The van der Waals surface area contributed by atoms with Crippen molar-refractivity contribution in [1.82, 2.24) is 4.98 Å². The van der Waals surface area contributed by atoms with Gasteiger partial charge in [0.15, 0.2) is 5.57 Å². The van der Waals surface area contributed by atoms with Crippen molar-refractivity contribution < 1.29 is 0 Å². The summed E-state index contributed by atoms with van der Waals surface area (Å²) in [5.74, 6) is 0. The summed E-state index contributed by atoms with van der Waals surface area (Å²) in [6, 6.07) is 12.8. The molecule has 0 radical (unpaired) electrons. The number of benzene rings is 1. The maximum atomic E-state index is 9.11. The summed E-state index contributed by atoms with van der Waals surface area (Å²) in [7, 11) is 0. The molecule has 2 rings (SSSR count). The monoisotopic (exact) mass is 259 g/mol. The zero-order valence-electron chi connectivity index (χ0n) is 10.4. The van der Waals surface area contributed by atoms with Crippen molar-refractivity contribution >= 4 is 17.0 Å². The highest BCUT2D eigenvalue weighted by Gasteiger charge is 2.08. The van der Waals surface area contributed by atoms with Crippen molar-refractivity contribution in [3.63, 3.8) is 0 Å². The third-order valence-corrected chi connectivity index (χ3v) is 2.79. The van der Waals surface area contributed by atoms with Crippen molar-refractivity contribution in [2.45, 2.75) is 0 Å². The molecule has 5 heteroatoms. The van der Waals surface area contributed by atoms with Crippen LogP contribution < -0.4 is 5.73 Å². The number of aromatic nitrogens is 1. The number of H-pyrrole nitrogens is 1. The molecule has 0 bridgehead atoms. The third kappa shape index (κ3) is 2.36. The van der Waals surface area contributed by atoms with Crippen LogP contribution in [0.1, 0.15) is 5.56 Å². The van der Waals surface area contributed by atoms with Gasteiger partial charge in [0.05, 0.1) is 11.3 Å². The summed E-state index contributed by atoms with van der Waals surface area (Å²) in [6.45, 7) is 0. The fourth-order valence-corrected chi connectivity index (χ4v) is 1.78. The lowest BCUT2D eigenvalue weighted by molar-refractivity contribution is 1.31. The van der Waals surface area contributed by atoms with Crippen molar-refractivity contribution in [1.29, 1.82) is 15.8 Å². The second-order valence-electron chi connectivity index (χ2n) is 4.01. The number of rotatable bonds is 2. The van der Waals surface area contributed by atoms with E-state index in [4.69, 9.17) is 21.5 Å². The minimum atomic E-state index is -0.263. The van der Waals surface area contributed by atoms with Gasteiger partial charge in [-0.05, 0) is 35.2 Å². The van der Waals surface area contributed by atoms with Gasteiger partial charge in [-0.25, -0.2) is 0 Å². The number of fused-ring (bicyclic) bond motifs is 1. The molecule has 0 saturated carbocycles. The molecule has 0 saturated heterocycles. The zero-order valence-corrected chi connectivity index (χ0v) is 10.4. The lowest BCUT2D eigenvalue weighted by Gasteiger charge is -2.00. The van der Waals surface area contributed by atoms with E-state index in [1.807, 2.05) is 36.5 Å². The first kappa shape index (κ1) is 13.0. The van der Waals surface area contributed by atoms with E-state index in [0.717, 1.165) is 16.5 Å². The molecule has 0 spiro atoms. The minimum Gasteiger partial charge on any atom is -0.396 e. The molecule has 0 unspecified atom stereocenters. The Labute approximate surface area is 115 Å². The average molecular weight is 259 g/mol. The van der Waals surface area contributed by atoms with E-state index < -0.39 is 0 Å². The van der Waals surface area contributed by atoms with Crippen LogP contribution in [-0.4, -0.2) is 4.98 Å². The number of nitrogens with zero attached hydrogens (tertiary/aromatic N) is 3.